The molecule has 0 atom stereocenters. The standard InChI is InChI=1S/C18H16N2O4/c1-13(21)23-18(24-14(2)22)10-17(11-19,12-20)9-8-16(18)15-6-4-3-5-7-15/h3-8H,9-10H2,1-2H3. The van der Waals surface area contributed by atoms with E-state index in [2.05, 4.69) is 0 Å². The van der Waals surface area contributed by atoms with Gasteiger partial charge in [0.05, 0.1) is 18.6 Å². The van der Waals surface area contributed by atoms with Crippen molar-refractivity contribution in [1.82, 2.24) is 0 Å². The van der Waals surface area contributed by atoms with E-state index >= 15 is 0 Å². The molecule has 0 heterocycles. The van der Waals surface area contributed by atoms with E-state index in [1.807, 2.05) is 18.2 Å². The van der Waals surface area contributed by atoms with Gasteiger partial charge in [0.2, 0.25) is 0 Å². The molecule has 0 aromatic heterocycles. The van der Waals surface area contributed by atoms with Crippen molar-refractivity contribution < 1.29 is 19.1 Å². The highest BCUT2D eigenvalue weighted by Gasteiger charge is 2.53. The summed E-state index contributed by atoms with van der Waals surface area (Å²) in [4.78, 5) is 23.3. The van der Waals surface area contributed by atoms with Gasteiger partial charge in [-0.1, -0.05) is 36.4 Å². The van der Waals surface area contributed by atoms with E-state index in [1.54, 1.807) is 30.3 Å². The van der Waals surface area contributed by atoms with E-state index < -0.39 is 23.1 Å². The molecule has 0 unspecified atom stereocenters. The van der Waals surface area contributed by atoms with Crippen molar-refractivity contribution in [3.63, 3.8) is 0 Å². The van der Waals surface area contributed by atoms with Crippen molar-refractivity contribution in [2.75, 3.05) is 0 Å². The monoisotopic (exact) mass is 324 g/mol. The zero-order valence-corrected chi connectivity index (χ0v) is 13.4. The Labute approximate surface area is 139 Å². The third kappa shape index (κ3) is 3.28. The molecule has 1 aliphatic rings. The fraction of sp³-hybridized carbons (Fsp3) is 0.333. The lowest BCUT2D eigenvalue weighted by molar-refractivity contribution is -0.211. The molecule has 6 heteroatoms. The van der Waals surface area contributed by atoms with Gasteiger partial charge in [0, 0.05) is 19.4 Å². The van der Waals surface area contributed by atoms with E-state index in [1.165, 1.54) is 13.8 Å². The van der Waals surface area contributed by atoms with E-state index in [0.717, 1.165) is 0 Å². The number of nitrogens with zero attached hydrogens (tertiary/aromatic N) is 2. The summed E-state index contributed by atoms with van der Waals surface area (Å²) in [5.41, 5.74) is -0.303. The first-order chi connectivity index (χ1) is 11.4. The fourth-order valence-electron chi connectivity index (χ4n) is 2.81. The van der Waals surface area contributed by atoms with Gasteiger partial charge in [0.25, 0.3) is 5.79 Å². The third-order valence-corrected chi connectivity index (χ3v) is 3.73. The number of benzene rings is 1. The van der Waals surface area contributed by atoms with Gasteiger partial charge in [-0.3, -0.25) is 9.59 Å². The number of carbonyl (C=O) groups excluding carboxylic acids is 2. The van der Waals surface area contributed by atoms with E-state index in [9.17, 15) is 20.1 Å². The largest absolute Gasteiger partial charge is 0.418 e. The second kappa shape index (κ2) is 6.55. The average molecular weight is 324 g/mol. The highest BCUT2D eigenvalue weighted by molar-refractivity contribution is 5.79. The Morgan fingerprint density at radius 2 is 1.58 bits per heavy atom. The first-order valence-corrected chi connectivity index (χ1v) is 7.34. The van der Waals surface area contributed by atoms with Gasteiger partial charge < -0.3 is 9.47 Å². The number of esters is 2. The van der Waals surface area contributed by atoms with Gasteiger partial charge in [-0.2, -0.15) is 10.5 Å². The summed E-state index contributed by atoms with van der Waals surface area (Å²) < 4.78 is 10.7. The van der Waals surface area contributed by atoms with E-state index in [-0.39, 0.29) is 12.8 Å². The molecular formula is C18H16N2O4. The van der Waals surface area contributed by atoms with Gasteiger partial charge in [0.1, 0.15) is 0 Å². The molecular weight excluding hydrogens is 308 g/mol. The Balaban J connectivity index is 2.66. The topological polar surface area (TPSA) is 100 Å². The second-order valence-corrected chi connectivity index (χ2v) is 5.61. The Morgan fingerprint density at radius 3 is 2.04 bits per heavy atom. The van der Waals surface area contributed by atoms with Crippen molar-refractivity contribution in [1.29, 1.82) is 10.5 Å². The first kappa shape index (κ1) is 17.2. The Morgan fingerprint density at radius 1 is 1.04 bits per heavy atom. The molecule has 0 spiro atoms. The maximum Gasteiger partial charge on any atom is 0.306 e. The van der Waals surface area contributed by atoms with Crippen LogP contribution in [-0.4, -0.2) is 17.7 Å². The lowest BCUT2D eigenvalue weighted by Gasteiger charge is -2.40. The maximum absolute atomic E-state index is 11.7. The SMILES string of the molecule is CC(=O)OC1(OC(C)=O)CC(C#N)(C#N)CC=C1c1ccccc1. The Bertz CT molecular complexity index is 738. The predicted molar refractivity (Wildman–Crippen MR) is 83.6 cm³/mol. The van der Waals surface area contributed by atoms with Crippen molar-refractivity contribution in [2.24, 2.45) is 5.41 Å². The van der Waals surface area contributed by atoms with Crippen LogP contribution in [0.4, 0.5) is 0 Å². The normalized spacial score (nSPS) is 17.6. The van der Waals surface area contributed by atoms with Crippen molar-refractivity contribution in [3.8, 4) is 12.1 Å². The van der Waals surface area contributed by atoms with Crippen LogP contribution < -0.4 is 0 Å². The average Bonchev–Trinajstić information content (AvgIpc) is 2.54. The molecule has 1 aromatic carbocycles. The fourth-order valence-corrected chi connectivity index (χ4v) is 2.81. The summed E-state index contributed by atoms with van der Waals surface area (Å²) in [6.45, 7) is 2.37. The lowest BCUT2D eigenvalue weighted by Crippen LogP contribution is -2.47. The Kier molecular flexibility index (Phi) is 4.71. The number of rotatable bonds is 3. The molecule has 2 rings (SSSR count). The van der Waals surface area contributed by atoms with Crippen LogP contribution in [0.2, 0.25) is 0 Å². The van der Waals surface area contributed by atoms with Gasteiger partial charge >= 0.3 is 11.9 Å². The molecule has 0 N–H and O–H groups in total. The van der Waals surface area contributed by atoms with E-state index in [4.69, 9.17) is 9.47 Å². The molecule has 0 amide bonds. The van der Waals surface area contributed by atoms with Crippen molar-refractivity contribution in [2.45, 2.75) is 32.5 Å². The van der Waals surface area contributed by atoms with Crippen LogP contribution in [-0.2, 0) is 19.1 Å². The van der Waals surface area contributed by atoms with Gasteiger partial charge in [0.15, 0.2) is 5.41 Å². The van der Waals surface area contributed by atoms with Gasteiger partial charge in [-0.05, 0) is 12.0 Å². The molecule has 0 saturated heterocycles. The minimum absolute atomic E-state index is 0.147. The van der Waals surface area contributed by atoms with Crippen LogP contribution in [0, 0.1) is 28.1 Å². The van der Waals surface area contributed by atoms with Crippen LogP contribution in [0.15, 0.2) is 36.4 Å². The molecule has 1 aliphatic carbocycles. The van der Waals surface area contributed by atoms with E-state index in [0.29, 0.717) is 11.1 Å². The van der Waals surface area contributed by atoms with Crippen LogP contribution in [0.1, 0.15) is 32.3 Å². The van der Waals surface area contributed by atoms with Crippen LogP contribution >= 0.6 is 0 Å². The van der Waals surface area contributed by atoms with Crippen LogP contribution in [0.3, 0.4) is 0 Å². The minimum atomic E-state index is -1.80. The number of ether oxygens (including phenoxy) is 2. The minimum Gasteiger partial charge on any atom is -0.418 e. The Hall–Kier alpha value is -3.12. The van der Waals surface area contributed by atoms with Gasteiger partial charge in [-0.25, -0.2) is 0 Å². The summed E-state index contributed by atoms with van der Waals surface area (Å²) >= 11 is 0. The summed E-state index contributed by atoms with van der Waals surface area (Å²) in [5.74, 6) is -3.16. The summed E-state index contributed by atoms with van der Waals surface area (Å²) in [6, 6.07) is 12.9. The molecule has 0 fully saturated rings. The van der Waals surface area contributed by atoms with Crippen LogP contribution in [0.5, 0.6) is 0 Å². The highest BCUT2D eigenvalue weighted by atomic mass is 16.7. The molecule has 0 bridgehead atoms. The first-order valence-electron chi connectivity index (χ1n) is 7.34. The lowest BCUT2D eigenvalue weighted by atomic mass is 9.72. The maximum atomic E-state index is 11.7. The van der Waals surface area contributed by atoms with Crippen molar-refractivity contribution >= 4 is 17.5 Å². The molecule has 0 radical (unpaired) electrons. The second-order valence-electron chi connectivity index (χ2n) is 5.61. The summed E-state index contributed by atoms with van der Waals surface area (Å²) in [5, 5.41) is 18.8. The number of allylic oxidation sites excluding steroid dienone is 1. The zero-order valence-electron chi connectivity index (χ0n) is 13.4. The number of nitriles is 2. The molecule has 6 nitrogen and oxygen atoms in total. The molecule has 24 heavy (non-hydrogen) atoms. The highest BCUT2D eigenvalue weighted by Crippen LogP contribution is 2.47. The smallest absolute Gasteiger partial charge is 0.306 e. The van der Waals surface area contributed by atoms with Crippen molar-refractivity contribution in [3.05, 3.63) is 42.0 Å². The molecule has 0 aliphatic heterocycles. The molecule has 1 aromatic rings. The predicted octanol–water partition coefficient (Wildman–Crippen LogP) is 2.72. The quantitative estimate of drug-likeness (QED) is 0.626. The third-order valence-electron chi connectivity index (χ3n) is 3.73. The van der Waals surface area contributed by atoms with Gasteiger partial charge in [-0.15, -0.1) is 0 Å². The zero-order chi connectivity index (χ0) is 17.8. The summed E-state index contributed by atoms with van der Waals surface area (Å²) in [7, 11) is 0. The number of hydrogen-bond donors (Lipinski definition) is 0. The summed E-state index contributed by atoms with van der Waals surface area (Å²) in [6.07, 6.45) is 1.53. The number of carbonyl (C=O) groups is 2. The molecule has 0 saturated carbocycles. The molecule has 122 valence electrons. The van der Waals surface area contributed by atoms with Crippen LogP contribution in [0.25, 0.3) is 5.57 Å². The number of hydrogen-bond acceptors (Lipinski definition) is 6.